The van der Waals surface area contributed by atoms with E-state index in [1.54, 1.807) is 16.2 Å². The zero-order chi connectivity index (χ0) is 24.5. The van der Waals surface area contributed by atoms with E-state index in [0.29, 0.717) is 12.5 Å². The number of fused-ring (bicyclic) bond motifs is 1. The minimum Gasteiger partial charge on any atom is -0.330 e. The molecule has 0 amide bonds. The van der Waals surface area contributed by atoms with Gasteiger partial charge in [0.2, 0.25) is 5.95 Å². The van der Waals surface area contributed by atoms with Gasteiger partial charge in [0.15, 0.2) is 5.78 Å². The third kappa shape index (κ3) is 4.47. The minimum absolute atomic E-state index is 0.182. The van der Waals surface area contributed by atoms with Gasteiger partial charge in [-0.1, -0.05) is 66.7 Å². The molecule has 1 N–H and O–H groups in total. The minimum atomic E-state index is 0.182. The number of anilines is 1. The number of hydrogen-bond acceptors (Lipinski definition) is 5. The van der Waals surface area contributed by atoms with E-state index in [1.807, 2.05) is 6.92 Å². The van der Waals surface area contributed by atoms with Gasteiger partial charge in [0, 0.05) is 28.3 Å². The predicted molar refractivity (Wildman–Crippen MR) is 144 cm³/mol. The molecule has 1 saturated heterocycles. The highest BCUT2D eigenvalue weighted by Gasteiger charge is 2.33. The number of ketones is 1. The summed E-state index contributed by atoms with van der Waals surface area (Å²) in [5.74, 6) is 1.19. The van der Waals surface area contributed by atoms with Crippen LogP contribution in [0.15, 0.2) is 78.2 Å². The summed E-state index contributed by atoms with van der Waals surface area (Å²) in [6, 6.07) is 26.2. The SMILES string of the molecule is Cc1nc(N2CC[NH+](C(c3ccccc3)c3ccccc3)CC2)nc2c1C(=O)C[C@@H](c1cccs1)C2. The molecule has 2 aromatic carbocycles. The Balaban J connectivity index is 1.23. The molecule has 36 heavy (non-hydrogen) atoms. The Morgan fingerprint density at radius 2 is 1.56 bits per heavy atom. The third-order valence-electron chi connectivity index (χ3n) is 7.61. The lowest BCUT2D eigenvalue weighted by Gasteiger charge is -2.37. The number of quaternary nitrogens is 1. The molecule has 0 spiro atoms. The molecule has 4 aromatic rings. The number of carbonyl (C=O) groups is 1. The number of benzene rings is 2. The van der Waals surface area contributed by atoms with Gasteiger partial charge in [-0.2, -0.15) is 0 Å². The summed E-state index contributed by atoms with van der Waals surface area (Å²) < 4.78 is 0. The van der Waals surface area contributed by atoms with Crippen LogP contribution in [0, 0.1) is 6.92 Å². The molecule has 1 aliphatic carbocycles. The van der Waals surface area contributed by atoms with Gasteiger partial charge in [-0.15, -0.1) is 11.3 Å². The van der Waals surface area contributed by atoms with Crippen molar-refractivity contribution in [1.82, 2.24) is 9.97 Å². The van der Waals surface area contributed by atoms with Gasteiger partial charge in [-0.05, 0) is 24.8 Å². The monoisotopic (exact) mass is 495 g/mol. The van der Waals surface area contributed by atoms with E-state index in [1.165, 1.54) is 16.0 Å². The summed E-state index contributed by atoms with van der Waals surface area (Å²) in [6.07, 6.45) is 1.37. The molecule has 1 atom stereocenters. The second-order valence-electron chi connectivity index (χ2n) is 9.87. The van der Waals surface area contributed by atoms with Gasteiger partial charge in [0.05, 0.1) is 43.1 Å². The molecular formula is C30H31N4OS+. The fourth-order valence-corrected chi connectivity index (χ4v) is 6.69. The molecule has 0 saturated carbocycles. The van der Waals surface area contributed by atoms with Crippen LogP contribution in [0.1, 0.15) is 56.1 Å². The fraction of sp³-hybridized carbons (Fsp3) is 0.300. The van der Waals surface area contributed by atoms with E-state index < -0.39 is 0 Å². The van der Waals surface area contributed by atoms with Crippen molar-refractivity contribution in [2.75, 3.05) is 31.1 Å². The maximum Gasteiger partial charge on any atom is 0.226 e. The van der Waals surface area contributed by atoms with Gasteiger partial charge in [0.25, 0.3) is 0 Å². The molecule has 0 bridgehead atoms. The first-order valence-corrected chi connectivity index (χ1v) is 13.7. The maximum absolute atomic E-state index is 13.0. The number of nitrogens with one attached hydrogen (secondary N) is 1. The quantitative estimate of drug-likeness (QED) is 0.450. The molecule has 6 rings (SSSR count). The zero-order valence-electron chi connectivity index (χ0n) is 20.6. The van der Waals surface area contributed by atoms with Crippen LogP contribution >= 0.6 is 11.3 Å². The number of carbonyl (C=O) groups excluding carboxylic acids is 1. The Morgan fingerprint density at radius 3 is 2.17 bits per heavy atom. The highest BCUT2D eigenvalue weighted by atomic mass is 32.1. The van der Waals surface area contributed by atoms with Crippen LogP contribution in [-0.2, 0) is 6.42 Å². The van der Waals surface area contributed by atoms with Crippen LogP contribution in [0.5, 0.6) is 0 Å². The van der Waals surface area contributed by atoms with Crippen molar-refractivity contribution in [3.8, 4) is 0 Å². The Hall–Kier alpha value is -3.35. The van der Waals surface area contributed by atoms with Gasteiger partial charge in [-0.25, -0.2) is 9.97 Å². The number of thiophene rings is 1. The number of nitrogens with zero attached hydrogens (tertiary/aromatic N) is 3. The Labute approximate surface area is 216 Å². The largest absolute Gasteiger partial charge is 0.330 e. The van der Waals surface area contributed by atoms with Crippen LogP contribution in [0.4, 0.5) is 5.95 Å². The van der Waals surface area contributed by atoms with Crippen LogP contribution < -0.4 is 9.80 Å². The van der Waals surface area contributed by atoms with E-state index in [9.17, 15) is 4.79 Å². The molecule has 2 aliphatic rings. The van der Waals surface area contributed by atoms with Crippen molar-refractivity contribution < 1.29 is 9.69 Å². The maximum atomic E-state index is 13.0. The second-order valence-corrected chi connectivity index (χ2v) is 10.9. The van der Waals surface area contributed by atoms with Crippen molar-refractivity contribution in [3.05, 3.63) is 111 Å². The van der Waals surface area contributed by atoms with Crippen molar-refractivity contribution in [2.45, 2.75) is 31.7 Å². The van der Waals surface area contributed by atoms with Crippen molar-refractivity contribution >= 4 is 23.1 Å². The van der Waals surface area contributed by atoms with Gasteiger partial charge < -0.3 is 9.80 Å². The van der Waals surface area contributed by atoms with E-state index in [-0.39, 0.29) is 11.7 Å². The van der Waals surface area contributed by atoms with E-state index >= 15 is 0 Å². The normalized spacial score (nSPS) is 18.4. The first-order chi connectivity index (χ1) is 17.7. The van der Waals surface area contributed by atoms with Crippen LogP contribution in [0.25, 0.3) is 0 Å². The lowest BCUT2D eigenvalue weighted by Crippen LogP contribution is -3.15. The fourth-order valence-electron chi connectivity index (χ4n) is 5.86. The zero-order valence-corrected chi connectivity index (χ0v) is 21.4. The number of aryl methyl sites for hydroxylation is 1. The number of Topliss-reactive ketones (excluding diaryl/α,β-unsaturated/α-hetero) is 1. The Bertz CT molecular complexity index is 1290. The summed E-state index contributed by atoms with van der Waals surface area (Å²) in [6.45, 7) is 5.77. The van der Waals surface area contributed by atoms with Crippen LogP contribution in [0.2, 0.25) is 0 Å². The number of hydrogen-bond donors (Lipinski definition) is 1. The van der Waals surface area contributed by atoms with E-state index in [0.717, 1.165) is 55.5 Å². The summed E-state index contributed by atoms with van der Waals surface area (Å²) >= 11 is 1.73. The summed E-state index contributed by atoms with van der Waals surface area (Å²) in [5.41, 5.74) is 5.21. The summed E-state index contributed by atoms with van der Waals surface area (Å²) in [4.78, 5) is 27.9. The molecule has 0 unspecified atom stereocenters. The number of rotatable bonds is 5. The van der Waals surface area contributed by atoms with Crippen molar-refractivity contribution in [3.63, 3.8) is 0 Å². The Kier molecular flexibility index (Phi) is 6.38. The molecule has 6 heteroatoms. The number of aromatic nitrogens is 2. The third-order valence-corrected chi connectivity index (χ3v) is 8.65. The average Bonchev–Trinajstić information content (AvgIpc) is 3.45. The molecule has 1 fully saturated rings. The molecule has 1 aliphatic heterocycles. The molecule has 2 aromatic heterocycles. The first-order valence-electron chi connectivity index (χ1n) is 12.8. The molecule has 182 valence electrons. The van der Waals surface area contributed by atoms with Gasteiger partial charge in [0.1, 0.15) is 6.04 Å². The van der Waals surface area contributed by atoms with E-state index in [4.69, 9.17) is 9.97 Å². The van der Waals surface area contributed by atoms with Gasteiger partial charge in [-0.3, -0.25) is 4.79 Å². The standard InChI is InChI=1S/C30H30N4OS/c1-21-28-25(19-24(20-26(28)35)27-13-8-18-36-27)32-30(31-21)34-16-14-33(15-17-34)29(22-9-4-2-5-10-22)23-11-6-3-7-12-23/h2-13,18,24,29H,14-17,19-20H2,1H3/p+1/t24-/m0/s1. The second kappa shape index (κ2) is 9.96. The van der Waals surface area contributed by atoms with Crippen molar-refractivity contribution in [2.24, 2.45) is 0 Å². The van der Waals surface area contributed by atoms with Crippen LogP contribution in [0.3, 0.4) is 0 Å². The first kappa shape index (κ1) is 23.1. The topological polar surface area (TPSA) is 50.5 Å². The lowest BCUT2D eigenvalue weighted by molar-refractivity contribution is -0.926. The highest BCUT2D eigenvalue weighted by molar-refractivity contribution is 7.10. The smallest absolute Gasteiger partial charge is 0.226 e. The summed E-state index contributed by atoms with van der Waals surface area (Å²) in [5, 5.41) is 2.09. The molecular weight excluding hydrogens is 464 g/mol. The van der Waals surface area contributed by atoms with Gasteiger partial charge >= 0.3 is 0 Å². The molecule has 5 nitrogen and oxygen atoms in total. The Morgan fingerprint density at radius 1 is 0.889 bits per heavy atom. The molecule has 3 heterocycles. The molecule has 0 radical (unpaired) electrons. The highest BCUT2D eigenvalue weighted by Crippen LogP contribution is 2.35. The predicted octanol–water partition coefficient (Wildman–Crippen LogP) is 4.25. The number of piperazine rings is 1. The summed E-state index contributed by atoms with van der Waals surface area (Å²) in [7, 11) is 0. The van der Waals surface area contributed by atoms with Crippen molar-refractivity contribution in [1.29, 1.82) is 0 Å². The lowest BCUT2D eigenvalue weighted by atomic mass is 9.84. The van der Waals surface area contributed by atoms with Crippen LogP contribution in [-0.4, -0.2) is 41.9 Å². The van der Waals surface area contributed by atoms with E-state index in [2.05, 4.69) is 83.1 Å². The average molecular weight is 496 g/mol.